The largest absolute Gasteiger partial charge is 1.00 e. The molecule has 1 aromatic heterocycles. The van der Waals surface area contributed by atoms with E-state index in [9.17, 15) is 0 Å². The maximum atomic E-state index is 2.29. The Hall–Kier alpha value is 0.0700. The van der Waals surface area contributed by atoms with Crippen molar-refractivity contribution in [3.8, 4) is 0 Å². The predicted octanol–water partition coefficient (Wildman–Crippen LogP) is 3.81. The normalized spacial score (nSPS) is 9.72. The van der Waals surface area contributed by atoms with Crippen LogP contribution < -0.4 is 27.7 Å². The summed E-state index contributed by atoms with van der Waals surface area (Å²) in [6.45, 7) is 4.52. The molecular formula is C21H42Br2N2. The fraction of sp³-hybridized carbons (Fsp3) is 0.762. The van der Waals surface area contributed by atoms with Gasteiger partial charge in [0.2, 0.25) is 0 Å². The molecule has 0 radical (unpaired) electrons. The number of hydrogen-bond donors (Lipinski definition) is 1. The Bertz CT molecular complexity index is 397. The number of unbranched alkanes of at least 4 members (excludes halogenated alkanes) is 11. The van der Waals surface area contributed by atoms with Gasteiger partial charge in [-0.05, 0) is 18.9 Å². The molecule has 0 bridgehead atoms. The summed E-state index contributed by atoms with van der Waals surface area (Å²) in [7, 11) is 2.14. The summed E-state index contributed by atoms with van der Waals surface area (Å²) in [5, 5.41) is 0. The lowest BCUT2D eigenvalue weighted by Crippen LogP contribution is -3.00. The second-order valence-electron chi connectivity index (χ2n) is 6.87. The molecule has 1 aromatic rings. The molecule has 0 aliphatic heterocycles. The lowest BCUT2D eigenvalue weighted by atomic mass is 10.0. The van der Waals surface area contributed by atoms with Gasteiger partial charge in [0.1, 0.15) is 7.05 Å². The minimum Gasteiger partial charge on any atom is -1.00 e. The number of nitrogens with zero attached hydrogens (tertiary/aromatic N) is 1. The van der Waals surface area contributed by atoms with Crippen molar-refractivity contribution < 1.29 is 21.5 Å². The van der Waals surface area contributed by atoms with E-state index in [0.717, 1.165) is 0 Å². The van der Waals surface area contributed by atoms with Crippen molar-refractivity contribution in [3.63, 3.8) is 0 Å². The standard InChI is InChI=1S/C21H38N.2BrH.H3N/c1-4-5-6-7-8-9-10-11-12-13-14-15-17-21-18-16-19-22(3)20(21)2;;;/h16,18-19H,4-15,17H2,1-3H3;2*1H;1H3/q+1;;;/p-1. The van der Waals surface area contributed by atoms with Crippen molar-refractivity contribution >= 4 is 17.0 Å². The third-order valence-electron chi connectivity index (χ3n) is 4.90. The molecule has 1 heterocycles. The molecule has 0 saturated heterocycles. The molecular weight excluding hydrogens is 440 g/mol. The van der Waals surface area contributed by atoms with Gasteiger partial charge in [0, 0.05) is 18.6 Å². The molecule has 25 heavy (non-hydrogen) atoms. The quantitative estimate of drug-likeness (QED) is 0.337. The van der Waals surface area contributed by atoms with Crippen LogP contribution in [0.1, 0.15) is 95.2 Å². The average molecular weight is 482 g/mol. The Labute approximate surface area is 178 Å². The highest BCUT2D eigenvalue weighted by atomic mass is 79.9. The second-order valence-corrected chi connectivity index (χ2v) is 6.87. The van der Waals surface area contributed by atoms with Crippen molar-refractivity contribution in [2.24, 2.45) is 7.05 Å². The molecule has 0 aliphatic carbocycles. The van der Waals surface area contributed by atoms with Gasteiger partial charge in [-0.25, -0.2) is 4.57 Å². The SMILES string of the molecule is Br.CCCCCCCCCCCCCCc1ccc[n+](C)c1C.N.[Br-]. The Morgan fingerprint density at radius 1 is 0.800 bits per heavy atom. The third-order valence-corrected chi connectivity index (χ3v) is 4.90. The van der Waals surface area contributed by atoms with Crippen molar-refractivity contribution in [2.45, 2.75) is 97.3 Å². The topological polar surface area (TPSA) is 38.9 Å². The van der Waals surface area contributed by atoms with Crippen LogP contribution in [0.4, 0.5) is 0 Å². The van der Waals surface area contributed by atoms with Crippen LogP contribution >= 0.6 is 17.0 Å². The highest BCUT2D eigenvalue weighted by Crippen LogP contribution is 2.13. The maximum absolute atomic E-state index is 2.29. The minimum atomic E-state index is 0. The first-order valence-corrected chi connectivity index (χ1v) is 9.70. The van der Waals surface area contributed by atoms with Crippen LogP contribution in [0.25, 0.3) is 0 Å². The van der Waals surface area contributed by atoms with Gasteiger partial charge in [-0.3, -0.25) is 0 Å². The molecule has 2 nitrogen and oxygen atoms in total. The summed E-state index contributed by atoms with van der Waals surface area (Å²) >= 11 is 0. The first-order valence-electron chi connectivity index (χ1n) is 9.70. The van der Waals surface area contributed by atoms with E-state index >= 15 is 0 Å². The van der Waals surface area contributed by atoms with E-state index in [1.807, 2.05) is 0 Å². The maximum Gasteiger partial charge on any atom is 0.181 e. The van der Waals surface area contributed by atoms with Gasteiger partial charge in [0.25, 0.3) is 0 Å². The Balaban J connectivity index is -0.00000161. The number of aromatic nitrogens is 1. The van der Waals surface area contributed by atoms with E-state index in [0.29, 0.717) is 0 Å². The van der Waals surface area contributed by atoms with Gasteiger partial charge in [-0.2, -0.15) is 0 Å². The minimum absolute atomic E-state index is 0. The predicted molar refractivity (Wildman–Crippen MR) is 112 cm³/mol. The molecule has 150 valence electrons. The average Bonchev–Trinajstić information content (AvgIpc) is 2.52. The molecule has 0 unspecified atom stereocenters. The molecule has 4 heteroatoms. The zero-order valence-electron chi connectivity index (χ0n) is 16.9. The summed E-state index contributed by atoms with van der Waals surface area (Å²) in [4.78, 5) is 0. The van der Waals surface area contributed by atoms with E-state index in [1.165, 1.54) is 94.7 Å². The zero-order chi connectivity index (χ0) is 16.0. The first kappa shape index (κ1) is 29.8. The lowest BCUT2D eigenvalue weighted by Gasteiger charge is -2.04. The fourth-order valence-corrected chi connectivity index (χ4v) is 3.17. The van der Waals surface area contributed by atoms with Gasteiger partial charge >= 0.3 is 0 Å². The highest BCUT2D eigenvalue weighted by molar-refractivity contribution is 8.93. The monoisotopic (exact) mass is 480 g/mol. The lowest BCUT2D eigenvalue weighted by molar-refractivity contribution is -0.678. The summed E-state index contributed by atoms with van der Waals surface area (Å²) < 4.78 is 2.23. The Morgan fingerprint density at radius 2 is 1.24 bits per heavy atom. The molecule has 0 saturated carbocycles. The number of halogens is 2. The Morgan fingerprint density at radius 3 is 1.72 bits per heavy atom. The second kappa shape index (κ2) is 20.4. The van der Waals surface area contributed by atoms with Crippen molar-refractivity contribution in [3.05, 3.63) is 29.6 Å². The number of aryl methyl sites for hydroxylation is 2. The number of pyridine rings is 1. The van der Waals surface area contributed by atoms with Crippen LogP contribution in [0.5, 0.6) is 0 Å². The van der Waals surface area contributed by atoms with Crippen LogP contribution in [-0.2, 0) is 13.5 Å². The summed E-state index contributed by atoms with van der Waals surface area (Å²) in [6, 6.07) is 4.46. The molecule has 0 fully saturated rings. The smallest absolute Gasteiger partial charge is 0.181 e. The molecule has 0 amide bonds. The van der Waals surface area contributed by atoms with Crippen LogP contribution in [-0.4, -0.2) is 0 Å². The van der Waals surface area contributed by atoms with Crippen LogP contribution in [0, 0.1) is 6.92 Å². The Kier molecular flexibility index (Phi) is 24.3. The van der Waals surface area contributed by atoms with Gasteiger partial charge in [-0.15, -0.1) is 17.0 Å². The van der Waals surface area contributed by atoms with Crippen LogP contribution in [0.15, 0.2) is 18.3 Å². The summed E-state index contributed by atoms with van der Waals surface area (Å²) in [5.41, 5.74) is 2.95. The molecule has 0 aromatic carbocycles. The van der Waals surface area contributed by atoms with E-state index in [1.54, 1.807) is 0 Å². The summed E-state index contributed by atoms with van der Waals surface area (Å²) in [6.07, 6.45) is 20.5. The molecule has 1 rings (SSSR count). The molecule has 3 N–H and O–H groups in total. The van der Waals surface area contributed by atoms with Crippen LogP contribution in [0.3, 0.4) is 0 Å². The van der Waals surface area contributed by atoms with E-state index in [4.69, 9.17) is 0 Å². The van der Waals surface area contributed by atoms with E-state index in [-0.39, 0.29) is 40.1 Å². The van der Waals surface area contributed by atoms with Gasteiger partial charge in [0.15, 0.2) is 11.9 Å². The van der Waals surface area contributed by atoms with Gasteiger partial charge < -0.3 is 23.1 Å². The first-order chi connectivity index (χ1) is 10.8. The third kappa shape index (κ3) is 14.9. The van der Waals surface area contributed by atoms with Gasteiger partial charge in [-0.1, -0.05) is 77.6 Å². The van der Waals surface area contributed by atoms with Crippen molar-refractivity contribution in [1.82, 2.24) is 6.15 Å². The zero-order valence-corrected chi connectivity index (χ0v) is 20.2. The molecule has 0 aliphatic rings. The molecule has 0 spiro atoms. The van der Waals surface area contributed by atoms with Crippen molar-refractivity contribution in [1.29, 1.82) is 0 Å². The van der Waals surface area contributed by atoms with Crippen LogP contribution in [0.2, 0.25) is 0 Å². The summed E-state index contributed by atoms with van der Waals surface area (Å²) in [5.74, 6) is 0. The van der Waals surface area contributed by atoms with Gasteiger partial charge in [0.05, 0.1) is 0 Å². The highest BCUT2D eigenvalue weighted by Gasteiger charge is 2.06. The molecule has 0 atom stereocenters. The van der Waals surface area contributed by atoms with E-state index < -0.39 is 0 Å². The van der Waals surface area contributed by atoms with Crippen molar-refractivity contribution in [2.75, 3.05) is 0 Å². The van der Waals surface area contributed by atoms with E-state index in [2.05, 4.69) is 43.8 Å². The fourth-order valence-electron chi connectivity index (χ4n) is 3.17. The number of hydrogen-bond acceptors (Lipinski definition) is 1. The number of rotatable bonds is 13.